The molecule has 1 heterocycles. The maximum absolute atomic E-state index is 12.0. The summed E-state index contributed by atoms with van der Waals surface area (Å²) in [6.07, 6.45) is 1.94. The van der Waals surface area contributed by atoms with E-state index in [4.69, 9.17) is 0 Å². The lowest BCUT2D eigenvalue weighted by Gasteiger charge is -2.17. The number of benzene rings is 1. The van der Waals surface area contributed by atoms with E-state index in [2.05, 4.69) is 13.8 Å². The van der Waals surface area contributed by atoms with Gasteiger partial charge in [-0.25, -0.2) is 0 Å². The van der Waals surface area contributed by atoms with Gasteiger partial charge in [-0.1, -0.05) is 44.2 Å². The molecule has 1 fully saturated rings. The highest BCUT2D eigenvalue weighted by Crippen LogP contribution is 2.24. The molecule has 1 saturated heterocycles. The van der Waals surface area contributed by atoms with Crippen molar-refractivity contribution in [2.45, 2.75) is 33.1 Å². The summed E-state index contributed by atoms with van der Waals surface area (Å²) < 4.78 is 0. The molecular formula is C17H23NO2. The molecule has 1 aliphatic rings. The van der Waals surface area contributed by atoms with E-state index in [0.717, 1.165) is 18.5 Å². The molecule has 0 aliphatic carbocycles. The molecule has 1 aromatic rings. The SMILES string of the molecule is CC(C)C1CC(=O)N(CCCC(=O)c2ccccc2)C1. The van der Waals surface area contributed by atoms with Crippen molar-refractivity contribution in [1.29, 1.82) is 0 Å². The Labute approximate surface area is 121 Å². The topological polar surface area (TPSA) is 37.4 Å². The first-order valence-electron chi connectivity index (χ1n) is 7.44. The van der Waals surface area contributed by atoms with Crippen LogP contribution in [0.4, 0.5) is 0 Å². The quantitative estimate of drug-likeness (QED) is 0.747. The first-order valence-corrected chi connectivity index (χ1v) is 7.44. The lowest BCUT2D eigenvalue weighted by atomic mass is 9.95. The number of hydrogen-bond acceptors (Lipinski definition) is 2. The number of ketones is 1. The highest BCUT2D eigenvalue weighted by atomic mass is 16.2. The Bertz CT molecular complexity index is 467. The van der Waals surface area contributed by atoms with Crippen molar-refractivity contribution in [3.63, 3.8) is 0 Å². The largest absolute Gasteiger partial charge is 0.342 e. The highest BCUT2D eigenvalue weighted by molar-refractivity contribution is 5.95. The molecule has 2 rings (SSSR count). The molecule has 3 nitrogen and oxygen atoms in total. The number of hydrogen-bond donors (Lipinski definition) is 0. The minimum Gasteiger partial charge on any atom is -0.342 e. The van der Waals surface area contributed by atoms with Crippen LogP contribution in [0.5, 0.6) is 0 Å². The molecule has 1 atom stereocenters. The molecule has 1 aromatic carbocycles. The van der Waals surface area contributed by atoms with E-state index in [9.17, 15) is 9.59 Å². The monoisotopic (exact) mass is 273 g/mol. The fourth-order valence-electron chi connectivity index (χ4n) is 2.66. The van der Waals surface area contributed by atoms with Crippen molar-refractivity contribution in [3.05, 3.63) is 35.9 Å². The third kappa shape index (κ3) is 3.69. The summed E-state index contributed by atoms with van der Waals surface area (Å²) in [7, 11) is 0. The summed E-state index contributed by atoms with van der Waals surface area (Å²) in [6.45, 7) is 5.90. The average molecular weight is 273 g/mol. The molecule has 0 saturated carbocycles. The zero-order valence-electron chi connectivity index (χ0n) is 12.3. The van der Waals surface area contributed by atoms with Gasteiger partial charge in [-0.15, -0.1) is 0 Å². The van der Waals surface area contributed by atoms with Crippen LogP contribution in [0.2, 0.25) is 0 Å². The van der Waals surface area contributed by atoms with Crippen molar-refractivity contribution in [3.8, 4) is 0 Å². The normalized spacial score (nSPS) is 18.9. The van der Waals surface area contributed by atoms with E-state index >= 15 is 0 Å². The first kappa shape index (κ1) is 14.8. The first-order chi connectivity index (χ1) is 9.58. The second-order valence-electron chi connectivity index (χ2n) is 5.94. The summed E-state index contributed by atoms with van der Waals surface area (Å²) >= 11 is 0. The van der Waals surface area contributed by atoms with Crippen LogP contribution in [0.1, 0.15) is 43.5 Å². The van der Waals surface area contributed by atoms with Gasteiger partial charge in [0.15, 0.2) is 5.78 Å². The van der Waals surface area contributed by atoms with Gasteiger partial charge in [-0.05, 0) is 18.3 Å². The zero-order chi connectivity index (χ0) is 14.5. The van der Waals surface area contributed by atoms with E-state index in [1.807, 2.05) is 35.2 Å². The molecule has 0 N–H and O–H groups in total. The molecule has 1 amide bonds. The van der Waals surface area contributed by atoms with Crippen molar-refractivity contribution < 1.29 is 9.59 Å². The third-order valence-corrected chi connectivity index (χ3v) is 4.11. The summed E-state index contributed by atoms with van der Waals surface area (Å²) in [6, 6.07) is 9.36. The number of carbonyl (C=O) groups excluding carboxylic acids is 2. The summed E-state index contributed by atoms with van der Waals surface area (Å²) in [5.74, 6) is 1.44. The molecular weight excluding hydrogens is 250 g/mol. The Morgan fingerprint density at radius 3 is 2.60 bits per heavy atom. The predicted molar refractivity (Wildman–Crippen MR) is 79.5 cm³/mol. The van der Waals surface area contributed by atoms with Gasteiger partial charge in [0, 0.05) is 31.5 Å². The van der Waals surface area contributed by atoms with Gasteiger partial charge in [-0.3, -0.25) is 9.59 Å². The van der Waals surface area contributed by atoms with E-state index in [1.165, 1.54) is 0 Å². The third-order valence-electron chi connectivity index (χ3n) is 4.11. The lowest BCUT2D eigenvalue weighted by molar-refractivity contribution is -0.127. The number of likely N-dealkylation sites (tertiary alicyclic amines) is 1. The van der Waals surface area contributed by atoms with Crippen LogP contribution in [0.25, 0.3) is 0 Å². The van der Waals surface area contributed by atoms with Gasteiger partial charge in [-0.2, -0.15) is 0 Å². The van der Waals surface area contributed by atoms with E-state index in [1.54, 1.807) is 0 Å². The van der Waals surface area contributed by atoms with Gasteiger partial charge >= 0.3 is 0 Å². The smallest absolute Gasteiger partial charge is 0.222 e. The van der Waals surface area contributed by atoms with Gasteiger partial charge in [0.1, 0.15) is 0 Å². The second-order valence-corrected chi connectivity index (χ2v) is 5.94. The van der Waals surface area contributed by atoms with Crippen LogP contribution >= 0.6 is 0 Å². The Hall–Kier alpha value is -1.64. The highest BCUT2D eigenvalue weighted by Gasteiger charge is 2.30. The Kier molecular flexibility index (Phi) is 4.94. The second kappa shape index (κ2) is 6.69. The van der Waals surface area contributed by atoms with Crippen LogP contribution in [0.15, 0.2) is 30.3 Å². The fourth-order valence-corrected chi connectivity index (χ4v) is 2.66. The molecule has 0 spiro atoms. The van der Waals surface area contributed by atoms with Gasteiger partial charge in [0.25, 0.3) is 0 Å². The van der Waals surface area contributed by atoms with Crippen molar-refractivity contribution >= 4 is 11.7 Å². The molecule has 20 heavy (non-hydrogen) atoms. The van der Waals surface area contributed by atoms with Crippen LogP contribution in [-0.4, -0.2) is 29.7 Å². The van der Waals surface area contributed by atoms with Gasteiger partial charge in [0.05, 0.1) is 0 Å². The van der Waals surface area contributed by atoms with Crippen molar-refractivity contribution in [2.24, 2.45) is 11.8 Å². The Balaban J connectivity index is 1.76. The van der Waals surface area contributed by atoms with Gasteiger partial charge in [0.2, 0.25) is 5.91 Å². The molecule has 1 unspecified atom stereocenters. The summed E-state index contributed by atoms with van der Waals surface area (Å²) in [5, 5.41) is 0. The summed E-state index contributed by atoms with van der Waals surface area (Å²) in [5.41, 5.74) is 0.764. The average Bonchev–Trinajstić information content (AvgIpc) is 2.81. The number of carbonyl (C=O) groups is 2. The molecule has 1 aliphatic heterocycles. The van der Waals surface area contributed by atoms with Crippen molar-refractivity contribution in [2.75, 3.05) is 13.1 Å². The van der Waals surface area contributed by atoms with E-state index in [0.29, 0.717) is 31.2 Å². The number of Topliss-reactive ketones (excluding diaryl/α,β-unsaturated/α-hetero) is 1. The molecule has 0 bridgehead atoms. The standard InChI is InChI=1S/C17H23NO2/c1-13(2)15-11-17(20)18(12-15)10-6-9-16(19)14-7-4-3-5-8-14/h3-5,7-8,13,15H,6,9-12H2,1-2H3. The molecule has 108 valence electrons. The Morgan fingerprint density at radius 2 is 2.00 bits per heavy atom. The number of nitrogens with zero attached hydrogens (tertiary/aromatic N) is 1. The van der Waals surface area contributed by atoms with Crippen LogP contribution < -0.4 is 0 Å². The maximum Gasteiger partial charge on any atom is 0.222 e. The Morgan fingerprint density at radius 1 is 1.30 bits per heavy atom. The van der Waals surface area contributed by atoms with Crippen LogP contribution in [0, 0.1) is 11.8 Å². The van der Waals surface area contributed by atoms with E-state index < -0.39 is 0 Å². The zero-order valence-corrected chi connectivity index (χ0v) is 12.3. The number of amides is 1. The molecule has 0 aromatic heterocycles. The summed E-state index contributed by atoms with van der Waals surface area (Å²) in [4.78, 5) is 25.8. The lowest BCUT2D eigenvalue weighted by Crippen LogP contribution is -2.27. The van der Waals surface area contributed by atoms with Crippen molar-refractivity contribution in [1.82, 2.24) is 4.90 Å². The van der Waals surface area contributed by atoms with Gasteiger partial charge < -0.3 is 4.90 Å². The van der Waals surface area contributed by atoms with E-state index in [-0.39, 0.29) is 11.7 Å². The minimum atomic E-state index is 0.164. The fraction of sp³-hybridized carbons (Fsp3) is 0.529. The van der Waals surface area contributed by atoms with Crippen LogP contribution in [-0.2, 0) is 4.79 Å². The predicted octanol–water partition coefficient (Wildman–Crippen LogP) is 3.15. The molecule has 0 radical (unpaired) electrons. The van der Waals surface area contributed by atoms with Crippen LogP contribution in [0.3, 0.4) is 0 Å². The maximum atomic E-state index is 12.0. The number of rotatable bonds is 6. The minimum absolute atomic E-state index is 0.164. The molecule has 3 heteroatoms.